The molecule has 0 spiro atoms. The van der Waals surface area contributed by atoms with E-state index in [1.807, 2.05) is 42.5 Å². The predicted octanol–water partition coefficient (Wildman–Crippen LogP) is 3.03. The van der Waals surface area contributed by atoms with Crippen molar-refractivity contribution in [2.75, 3.05) is 7.05 Å². The van der Waals surface area contributed by atoms with Crippen LogP contribution < -0.4 is 5.32 Å². The van der Waals surface area contributed by atoms with Gasteiger partial charge in [0.15, 0.2) is 6.19 Å². The van der Waals surface area contributed by atoms with Crippen LogP contribution in [0.4, 0.5) is 5.69 Å². The first-order chi connectivity index (χ1) is 14.4. The lowest BCUT2D eigenvalue weighted by Gasteiger charge is -2.20. The second-order valence-electron chi connectivity index (χ2n) is 6.68. The Kier molecular flexibility index (Phi) is 6.03. The maximum absolute atomic E-state index is 12.7. The lowest BCUT2D eigenvalue weighted by Crippen LogP contribution is -2.47. The van der Waals surface area contributed by atoms with E-state index in [0.717, 1.165) is 21.2 Å². The largest absolute Gasteiger partial charge is 0.340 e. The number of likely N-dealkylation sites (N-methyl/N-ethyl adjacent to an activating group) is 1. The van der Waals surface area contributed by atoms with Crippen molar-refractivity contribution in [2.45, 2.75) is 12.5 Å². The van der Waals surface area contributed by atoms with E-state index in [4.69, 9.17) is 5.26 Å². The highest BCUT2D eigenvalue weighted by Gasteiger charge is 2.27. The highest BCUT2D eigenvalue weighted by molar-refractivity contribution is 6.00. The number of carbonyl (C=O) groups excluding carboxylic acids is 2. The molecular formula is C22H18N4O4. The Morgan fingerprint density at radius 2 is 1.77 bits per heavy atom. The summed E-state index contributed by atoms with van der Waals surface area (Å²) < 4.78 is 0. The summed E-state index contributed by atoms with van der Waals surface area (Å²) in [4.78, 5) is 36.8. The van der Waals surface area contributed by atoms with Crippen LogP contribution in [0.5, 0.6) is 0 Å². The number of nitrogens with one attached hydrogen (secondary N) is 1. The topological polar surface area (TPSA) is 116 Å². The third kappa shape index (κ3) is 4.42. The summed E-state index contributed by atoms with van der Waals surface area (Å²) >= 11 is 0. The Bertz CT molecular complexity index is 1170. The number of hydrogen-bond acceptors (Lipinski definition) is 5. The van der Waals surface area contributed by atoms with Gasteiger partial charge in [0.2, 0.25) is 0 Å². The van der Waals surface area contributed by atoms with Crippen LogP contribution in [0.3, 0.4) is 0 Å². The van der Waals surface area contributed by atoms with Crippen molar-refractivity contribution in [3.8, 4) is 6.19 Å². The Morgan fingerprint density at radius 3 is 2.47 bits per heavy atom. The van der Waals surface area contributed by atoms with Gasteiger partial charge in [-0.15, -0.1) is 0 Å². The number of nitriles is 1. The number of nitro groups is 1. The van der Waals surface area contributed by atoms with Crippen LogP contribution in [-0.4, -0.2) is 34.7 Å². The molecule has 30 heavy (non-hydrogen) atoms. The van der Waals surface area contributed by atoms with Gasteiger partial charge in [0.05, 0.1) is 4.92 Å². The maximum Gasteiger partial charge on any atom is 0.282 e. The van der Waals surface area contributed by atoms with E-state index in [0.29, 0.717) is 0 Å². The Morgan fingerprint density at radius 1 is 1.10 bits per heavy atom. The van der Waals surface area contributed by atoms with E-state index in [-0.39, 0.29) is 17.7 Å². The number of nitrogens with zero attached hydrogens (tertiary/aromatic N) is 3. The zero-order valence-corrected chi connectivity index (χ0v) is 16.1. The predicted molar refractivity (Wildman–Crippen MR) is 110 cm³/mol. The molecule has 0 radical (unpaired) electrons. The van der Waals surface area contributed by atoms with Crippen molar-refractivity contribution < 1.29 is 14.5 Å². The molecule has 0 saturated heterocycles. The van der Waals surface area contributed by atoms with Crippen molar-refractivity contribution >= 4 is 28.3 Å². The molecule has 0 aliphatic heterocycles. The van der Waals surface area contributed by atoms with Crippen molar-refractivity contribution in [3.63, 3.8) is 0 Å². The molecule has 3 rings (SSSR count). The van der Waals surface area contributed by atoms with E-state index >= 15 is 0 Å². The monoisotopic (exact) mass is 402 g/mol. The quantitative estimate of drug-likeness (QED) is 0.294. The first kappa shape index (κ1) is 20.5. The molecule has 0 bridgehead atoms. The SMILES string of the molecule is CN(C#N)C(=O)C(Cc1ccc2ccccc2c1)NC(=O)c1ccccc1[N+](=O)[O-]. The first-order valence-corrected chi connectivity index (χ1v) is 9.10. The van der Waals surface area contributed by atoms with Gasteiger partial charge in [0.1, 0.15) is 11.6 Å². The first-order valence-electron chi connectivity index (χ1n) is 9.10. The van der Waals surface area contributed by atoms with Gasteiger partial charge in [-0.05, 0) is 22.4 Å². The molecule has 3 aromatic rings. The average molecular weight is 402 g/mol. The van der Waals surface area contributed by atoms with Crippen LogP contribution in [0.15, 0.2) is 66.7 Å². The van der Waals surface area contributed by atoms with Crippen LogP contribution in [0.2, 0.25) is 0 Å². The standard InChI is InChI=1S/C22H18N4O4/c1-25(14-23)22(28)19(13-15-10-11-16-6-2-3-7-17(16)12-15)24-21(27)18-8-4-5-9-20(18)26(29)30/h2-12,19H,13H2,1H3,(H,24,27). The summed E-state index contributed by atoms with van der Waals surface area (Å²) in [5.41, 5.74) is 0.264. The molecule has 0 fully saturated rings. The van der Waals surface area contributed by atoms with Crippen molar-refractivity contribution in [1.29, 1.82) is 5.26 Å². The van der Waals surface area contributed by atoms with E-state index in [1.165, 1.54) is 31.3 Å². The molecule has 150 valence electrons. The van der Waals surface area contributed by atoms with Gasteiger partial charge in [-0.2, -0.15) is 5.26 Å². The normalized spacial score (nSPS) is 11.3. The lowest BCUT2D eigenvalue weighted by molar-refractivity contribution is -0.385. The minimum Gasteiger partial charge on any atom is -0.340 e. The van der Waals surface area contributed by atoms with Gasteiger partial charge in [-0.1, -0.05) is 54.6 Å². The van der Waals surface area contributed by atoms with E-state index in [1.54, 1.807) is 6.19 Å². The van der Waals surface area contributed by atoms with E-state index < -0.39 is 22.8 Å². The molecule has 1 N–H and O–H groups in total. The third-order valence-electron chi connectivity index (χ3n) is 4.68. The molecule has 8 nitrogen and oxygen atoms in total. The number of hydrogen-bond donors (Lipinski definition) is 1. The average Bonchev–Trinajstić information content (AvgIpc) is 2.77. The maximum atomic E-state index is 12.7. The zero-order chi connectivity index (χ0) is 21.7. The summed E-state index contributed by atoms with van der Waals surface area (Å²) in [6, 6.07) is 17.8. The molecule has 1 atom stereocenters. The van der Waals surface area contributed by atoms with E-state index in [9.17, 15) is 19.7 Å². The smallest absolute Gasteiger partial charge is 0.282 e. The Hall–Kier alpha value is -4.25. The molecule has 0 aliphatic rings. The third-order valence-corrected chi connectivity index (χ3v) is 4.68. The number of amides is 2. The fraction of sp³-hybridized carbons (Fsp3) is 0.136. The highest BCUT2D eigenvalue weighted by atomic mass is 16.6. The van der Waals surface area contributed by atoms with Crippen LogP contribution in [0.1, 0.15) is 15.9 Å². The fourth-order valence-corrected chi connectivity index (χ4v) is 3.15. The van der Waals surface area contributed by atoms with Crippen molar-refractivity contribution in [3.05, 3.63) is 88.0 Å². The van der Waals surface area contributed by atoms with Crippen LogP contribution >= 0.6 is 0 Å². The van der Waals surface area contributed by atoms with Gasteiger partial charge in [-0.3, -0.25) is 24.6 Å². The molecule has 0 saturated carbocycles. The number of rotatable bonds is 6. The molecule has 0 heterocycles. The summed E-state index contributed by atoms with van der Waals surface area (Å²) in [7, 11) is 1.30. The second kappa shape index (κ2) is 8.84. The van der Waals surface area contributed by atoms with Crippen LogP contribution in [-0.2, 0) is 11.2 Å². The molecule has 0 aliphatic carbocycles. The second-order valence-corrected chi connectivity index (χ2v) is 6.68. The minimum absolute atomic E-state index is 0.127. The number of carbonyl (C=O) groups is 2. The molecule has 0 aromatic heterocycles. The van der Waals surface area contributed by atoms with Gasteiger partial charge in [-0.25, -0.2) is 0 Å². The summed E-state index contributed by atoms with van der Waals surface area (Å²) in [6.45, 7) is 0. The molecule has 2 amide bonds. The van der Waals surface area contributed by atoms with Crippen LogP contribution in [0, 0.1) is 21.6 Å². The van der Waals surface area contributed by atoms with Gasteiger partial charge >= 0.3 is 0 Å². The fourth-order valence-electron chi connectivity index (χ4n) is 3.15. The Labute approximate surface area is 172 Å². The number of nitro benzene ring substituents is 1. The number of fused-ring (bicyclic) bond motifs is 1. The Balaban J connectivity index is 1.91. The van der Waals surface area contributed by atoms with Crippen molar-refractivity contribution in [1.82, 2.24) is 10.2 Å². The van der Waals surface area contributed by atoms with Gasteiger partial charge < -0.3 is 5.32 Å². The van der Waals surface area contributed by atoms with Crippen LogP contribution in [0.25, 0.3) is 10.8 Å². The molecular weight excluding hydrogens is 384 g/mol. The minimum atomic E-state index is -1.07. The lowest BCUT2D eigenvalue weighted by atomic mass is 10.0. The van der Waals surface area contributed by atoms with Crippen molar-refractivity contribution in [2.24, 2.45) is 0 Å². The zero-order valence-electron chi connectivity index (χ0n) is 16.1. The summed E-state index contributed by atoms with van der Waals surface area (Å²) in [5.74, 6) is -1.37. The van der Waals surface area contributed by atoms with E-state index in [2.05, 4.69) is 5.32 Å². The highest BCUT2D eigenvalue weighted by Crippen LogP contribution is 2.19. The number of benzene rings is 3. The molecule has 1 unspecified atom stereocenters. The summed E-state index contributed by atoms with van der Waals surface area (Å²) in [5, 5.41) is 24.9. The van der Waals surface area contributed by atoms with Gasteiger partial charge in [0, 0.05) is 19.5 Å². The molecule has 3 aromatic carbocycles. The molecule has 8 heteroatoms. The summed E-state index contributed by atoms with van der Waals surface area (Å²) in [6.07, 6.45) is 1.85. The number of para-hydroxylation sites is 1. The van der Waals surface area contributed by atoms with Gasteiger partial charge in [0.25, 0.3) is 17.5 Å².